The number of nitrogens with zero attached hydrogens (tertiary/aromatic N) is 1. The number of hydrogen-bond acceptors (Lipinski definition) is 5. The smallest absolute Gasteiger partial charge is 0.165 e. The third kappa shape index (κ3) is 3.79. The minimum Gasteiger partial charge on any atom is -0.493 e. The van der Waals surface area contributed by atoms with Gasteiger partial charge < -0.3 is 19.3 Å². The van der Waals surface area contributed by atoms with Crippen molar-refractivity contribution < 1.29 is 19.3 Å². The predicted octanol–water partition coefficient (Wildman–Crippen LogP) is 2.64. The van der Waals surface area contributed by atoms with E-state index in [0.717, 1.165) is 29.2 Å². The minimum atomic E-state index is -0.243. The summed E-state index contributed by atoms with van der Waals surface area (Å²) in [4.78, 5) is 2.33. The summed E-state index contributed by atoms with van der Waals surface area (Å²) in [5, 5.41) is 9.79. The molecule has 134 valence electrons. The minimum absolute atomic E-state index is 0.00384. The molecule has 2 aromatic carbocycles. The van der Waals surface area contributed by atoms with Gasteiger partial charge in [0.05, 0.1) is 33.5 Å². The highest BCUT2D eigenvalue weighted by molar-refractivity contribution is 5.46. The van der Waals surface area contributed by atoms with Gasteiger partial charge in [-0.05, 0) is 11.6 Å². The van der Waals surface area contributed by atoms with Gasteiger partial charge in [-0.1, -0.05) is 42.5 Å². The molecule has 1 N–H and O–H groups in total. The van der Waals surface area contributed by atoms with Crippen molar-refractivity contribution in [1.29, 1.82) is 0 Å². The molecule has 25 heavy (non-hydrogen) atoms. The molecular weight excluding hydrogens is 318 g/mol. The second-order valence-electron chi connectivity index (χ2n) is 6.07. The summed E-state index contributed by atoms with van der Waals surface area (Å²) in [6.45, 7) is 2.07. The number of rotatable bonds is 6. The second kappa shape index (κ2) is 8.34. The van der Waals surface area contributed by atoms with Gasteiger partial charge in [0.2, 0.25) is 0 Å². The summed E-state index contributed by atoms with van der Waals surface area (Å²) in [6, 6.07) is 16.1. The van der Waals surface area contributed by atoms with Crippen LogP contribution < -0.4 is 9.47 Å². The van der Waals surface area contributed by atoms with E-state index in [1.54, 1.807) is 14.2 Å². The number of para-hydroxylation sites is 1. The number of hydrogen-bond donors (Lipinski definition) is 1. The summed E-state index contributed by atoms with van der Waals surface area (Å²) in [5.41, 5.74) is 2.20. The lowest BCUT2D eigenvalue weighted by Crippen LogP contribution is -2.46. The molecule has 2 aromatic rings. The Kier molecular flexibility index (Phi) is 5.91. The highest BCUT2D eigenvalue weighted by Crippen LogP contribution is 2.35. The molecule has 1 aliphatic heterocycles. The maximum Gasteiger partial charge on any atom is 0.165 e. The zero-order valence-electron chi connectivity index (χ0n) is 14.7. The summed E-state index contributed by atoms with van der Waals surface area (Å²) in [6.07, 6.45) is -0.243. The lowest BCUT2D eigenvalue weighted by molar-refractivity contribution is -0.0961. The number of ether oxygens (including phenoxy) is 3. The van der Waals surface area contributed by atoms with Crippen molar-refractivity contribution in [1.82, 2.24) is 4.90 Å². The Morgan fingerprint density at radius 3 is 2.56 bits per heavy atom. The van der Waals surface area contributed by atoms with Crippen LogP contribution in [0.4, 0.5) is 0 Å². The molecule has 0 aromatic heterocycles. The van der Waals surface area contributed by atoms with E-state index < -0.39 is 0 Å². The maximum atomic E-state index is 9.79. The van der Waals surface area contributed by atoms with Gasteiger partial charge in [0.15, 0.2) is 11.5 Å². The van der Waals surface area contributed by atoms with Crippen molar-refractivity contribution in [2.24, 2.45) is 0 Å². The quantitative estimate of drug-likeness (QED) is 0.874. The maximum absolute atomic E-state index is 9.79. The van der Waals surface area contributed by atoms with Crippen molar-refractivity contribution in [2.75, 3.05) is 34.0 Å². The van der Waals surface area contributed by atoms with Crippen LogP contribution in [0.25, 0.3) is 0 Å². The summed E-state index contributed by atoms with van der Waals surface area (Å²) in [5.74, 6) is 1.48. The van der Waals surface area contributed by atoms with Crippen LogP contribution in [-0.4, -0.2) is 50.1 Å². The first-order valence-corrected chi connectivity index (χ1v) is 8.49. The van der Waals surface area contributed by atoms with Crippen LogP contribution in [0.1, 0.15) is 17.2 Å². The third-order valence-electron chi connectivity index (χ3n) is 4.63. The highest BCUT2D eigenvalue weighted by Gasteiger charge is 2.33. The largest absolute Gasteiger partial charge is 0.493 e. The standard InChI is InChI=1S/C20H25NO4/c1-23-17-10-6-9-16(20(17)24-2)13-21-11-12-25-18(14-22)19(21)15-7-4-3-5-8-15/h3-10,18-19,22H,11-14H2,1-2H3. The molecule has 1 aliphatic rings. The average Bonchev–Trinajstić information content (AvgIpc) is 2.68. The van der Waals surface area contributed by atoms with Crippen LogP contribution in [0.5, 0.6) is 11.5 Å². The molecule has 5 nitrogen and oxygen atoms in total. The van der Waals surface area contributed by atoms with Gasteiger partial charge in [-0.15, -0.1) is 0 Å². The topological polar surface area (TPSA) is 51.2 Å². The fourth-order valence-corrected chi connectivity index (χ4v) is 3.49. The molecule has 2 atom stereocenters. The molecule has 0 bridgehead atoms. The van der Waals surface area contributed by atoms with E-state index in [0.29, 0.717) is 13.2 Å². The van der Waals surface area contributed by atoms with Gasteiger partial charge in [0.1, 0.15) is 6.10 Å². The van der Waals surface area contributed by atoms with Gasteiger partial charge >= 0.3 is 0 Å². The molecule has 3 rings (SSSR count). The normalized spacial score (nSPS) is 21.1. The van der Waals surface area contributed by atoms with E-state index >= 15 is 0 Å². The monoisotopic (exact) mass is 343 g/mol. The number of methoxy groups -OCH3 is 2. The van der Waals surface area contributed by atoms with Crippen LogP contribution in [0.2, 0.25) is 0 Å². The molecule has 0 saturated carbocycles. The van der Waals surface area contributed by atoms with E-state index in [1.807, 2.05) is 36.4 Å². The Morgan fingerprint density at radius 1 is 1.08 bits per heavy atom. The van der Waals surface area contributed by atoms with Crippen molar-refractivity contribution in [2.45, 2.75) is 18.7 Å². The van der Waals surface area contributed by atoms with Gasteiger partial charge in [-0.3, -0.25) is 4.90 Å². The summed E-state index contributed by atoms with van der Waals surface area (Å²) < 4.78 is 16.8. The van der Waals surface area contributed by atoms with Crippen molar-refractivity contribution in [3.8, 4) is 11.5 Å². The van der Waals surface area contributed by atoms with E-state index in [2.05, 4.69) is 17.0 Å². The lowest BCUT2D eigenvalue weighted by atomic mass is 9.97. The zero-order valence-corrected chi connectivity index (χ0v) is 14.7. The molecule has 0 spiro atoms. The molecule has 5 heteroatoms. The van der Waals surface area contributed by atoms with Gasteiger partial charge in [-0.2, -0.15) is 0 Å². The van der Waals surface area contributed by atoms with E-state index in [1.165, 1.54) is 0 Å². The Balaban J connectivity index is 1.92. The SMILES string of the molecule is COc1cccc(CN2CCOC(CO)C2c2ccccc2)c1OC. The zero-order chi connectivity index (χ0) is 17.6. The first kappa shape index (κ1) is 17.7. The molecule has 1 heterocycles. The van der Waals surface area contributed by atoms with Crippen molar-refractivity contribution >= 4 is 0 Å². The van der Waals surface area contributed by atoms with Gasteiger partial charge in [0, 0.05) is 18.7 Å². The Morgan fingerprint density at radius 2 is 1.88 bits per heavy atom. The van der Waals surface area contributed by atoms with Crippen molar-refractivity contribution in [3.63, 3.8) is 0 Å². The van der Waals surface area contributed by atoms with Crippen LogP contribution >= 0.6 is 0 Å². The Labute approximate surface area is 148 Å². The number of aliphatic hydroxyl groups excluding tert-OH is 1. The van der Waals surface area contributed by atoms with E-state index in [-0.39, 0.29) is 18.8 Å². The van der Waals surface area contributed by atoms with Crippen LogP contribution in [-0.2, 0) is 11.3 Å². The molecular formula is C20H25NO4. The number of morpholine rings is 1. The summed E-state index contributed by atoms with van der Waals surface area (Å²) >= 11 is 0. The molecule has 0 radical (unpaired) electrons. The fraction of sp³-hybridized carbons (Fsp3) is 0.400. The van der Waals surface area contributed by atoms with Crippen LogP contribution in [0.15, 0.2) is 48.5 Å². The molecule has 0 aliphatic carbocycles. The Bertz CT molecular complexity index is 677. The molecule has 1 fully saturated rings. The molecule has 2 unspecified atom stereocenters. The lowest BCUT2D eigenvalue weighted by Gasteiger charge is -2.41. The van der Waals surface area contributed by atoms with E-state index in [4.69, 9.17) is 14.2 Å². The number of aliphatic hydroxyl groups is 1. The Hall–Kier alpha value is -2.08. The predicted molar refractivity (Wildman–Crippen MR) is 96.0 cm³/mol. The average molecular weight is 343 g/mol. The fourth-order valence-electron chi connectivity index (χ4n) is 3.49. The van der Waals surface area contributed by atoms with Crippen LogP contribution in [0.3, 0.4) is 0 Å². The molecule has 1 saturated heterocycles. The highest BCUT2D eigenvalue weighted by atomic mass is 16.5. The van der Waals surface area contributed by atoms with E-state index in [9.17, 15) is 5.11 Å². The molecule has 0 amide bonds. The van der Waals surface area contributed by atoms with Crippen molar-refractivity contribution in [3.05, 3.63) is 59.7 Å². The summed E-state index contributed by atoms with van der Waals surface area (Å²) in [7, 11) is 3.30. The van der Waals surface area contributed by atoms with Gasteiger partial charge in [0.25, 0.3) is 0 Å². The van der Waals surface area contributed by atoms with Gasteiger partial charge in [-0.25, -0.2) is 0 Å². The third-order valence-corrected chi connectivity index (χ3v) is 4.63. The number of benzene rings is 2. The first-order chi connectivity index (χ1) is 12.3. The van der Waals surface area contributed by atoms with Crippen LogP contribution in [0, 0.1) is 0 Å². The first-order valence-electron chi connectivity index (χ1n) is 8.49. The second-order valence-corrected chi connectivity index (χ2v) is 6.07.